The van der Waals surface area contributed by atoms with E-state index < -0.39 is 4.92 Å². The van der Waals surface area contributed by atoms with Crippen molar-refractivity contribution in [1.29, 1.82) is 0 Å². The summed E-state index contributed by atoms with van der Waals surface area (Å²) >= 11 is 3.39. The fourth-order valence-corrected chi connectivity index (χ4v) is 2.86. The highest BCUT2D eigenvalue weighted by atomic mass is 79.9. The number of quaternary nitrogens is 1. The first-order valence-corrected chi connectivity index (χ1v) is 8.25. The molecule has 2 aromatic carbocycles. The normalized spacial score (nSPS) is 11.8. The minimum Gasteiger partial charge on any atom is -0.326 e. The summed E-state index contributed by atoms with van der Waals surface area (Å²) in [6.07, 6.45) is 0. The standard InChI is InChI=1S/C17H18BrN3O3/c1-12-9-14(18)5-8-16(12)19-17(22)11-20(2)10-13-3-6-15(7-4-13)21(23)24/h3-9H,10-11H2,1-2H3,(H,19,22)/p+1. The third-order valence-electron chi connectivity index (χ3n) is 3.58. The van der Waals surface area contributed by atoms with Crippen molar-refractivity contribution in [2.45, 2.75) is 13.5 Å². The van der Waals surface area contributed by atoms with E-state index >= 15 is 0 Å². The molecule has 0 aliphatic carbocycles. The first kappa shape index (κ1) is 18.1. The first-order chi connectivity index (χ1) is 11.3. The number of hydrogen-bond donors (Lipinski definition) is 2. The second-order valence-corrected chi connectivity index (χ2v) is 6.66. The van der Waals surface area contributed by atoms with Gasteiger partial charge in [-0.05, 0) is 42.8 Å². The molecule has 0 heterocycles. The van der Waals surface area contributed by atoms with E-state index in [4.69, 9.17) is 0 Å². The average molecular weight is 393 g/mol. The molecule has 126 valence electrons. The van der Waals surface area contributed by atoms with Crippen LogP contribution in [0.5, 0.6) is 0 Å². The van der Waals surface area contributed by atoms with Crippen LogP contribution >= 0.6 is 15.9 Å². The number of benzene rings is 2. The van der Waals surface area contributed by atoms with E-state index in [1.54, 1.807) is 12.1 Å². The maximum absolute atomic E-state index is 12.2. The molecule has 6 nitrogen and oxygen atoms in total. The van der Waals surface area contributed by atoms with Crippen molar-refractivity contribution in [3.63, 3.8) is 0 Å². The Morgan fingerprint density at radius 2 is 1.92 bits per heavy atom. The molecule has 0 saturated heterocycles. The van der Waals surface area contributed by atoms with Gasteiger partial charge in [0.2, 0.25) is 0 Å². The Balaban J connectivity index is 1.90. The summed E-state index contributed by atoms with van der Waals surface area (Å²) in [4.78, 5) is 23.4. The van der Waals surface area contributed by atoms with E-state index in [1.165, 1.54) is 12.1 Å². The van der Waals surface area contributed by atoms with Gasteiger partial charge in [-0.15, -0.1) is 0 Å². The molecule has 2 aromatic rings. The summed E-state index contributed by atoms with van der Waals surface area (Å²) in [5, 5.41) is 13.6. The van der Waals surface area contributed by atoms with E-state index in [9.17, 15) is 14.9 Å². The molecule has 0 saturated carbocycles. The molecule has 7 heteroatoms. The molecule has 1 amide bonds. The molecule has 1 unspecified atom stereocenters. The van der Waals surface area contributed by atoms with Crippen molar-refractivity contribution in [2.75, 3.05) is 18.9 Å². The summed E-state index contributed by atoms with van der Waals surface area (Å²) in [5.74, 6) is -0.0696. The van der Waals surface area contributed by atoms with Crippen LogP contribution in [0.15, 0.2) is 46.9 Å². The molecule has 0 spiro atoms. The number of nitro benzene ring substituents is 1. The predicted molar refractivity (Wildman–Crippen MR) is 96.1 cm³/mol. The Labute approximate surface area is 148 Å². The minimum absolute atomic E-state index is 0.0693. The number of nitrogens with one attached hydrogen (secondary N) is 2. The van der Waals surface area contributed by atoms with Gasteiger partial charge in [-0.3, -0.25) is 14.9 Å². The van der Waals surface area contributed by atoms with Crippen LogP contribution in [0.4, 0.5) is 11.4 Å². The SMILES string of the molecule is Cc1cc(Br)ccc1NC(=O)C[NH+](C)Cc1ccc([N+](=O)[O-])cc1. The number of nitrogens with zero attached hydrogens (tertiary/aromatic N) is 1. The van der Waals surface area contributed by atoms with Gasteiger partial charge in [0.25, 0.3) is 11.6 Å². The summed E-state index contributed by atoms with van der Waals surface area (Å²) in [7, 11) is 1.91. The number of non-ortho nitro benzene ring substituents is 1. The second-order valence-electron chi connectivity index (χ2n) is 5.74. The van der Waals surface area contributed by atoms with Crippen LogP contribution in [-0.4, -0.2) is 24.4 Å². The molecule has 0 radical (unpaired) electrons. The number of hydrogen-bond acceptors (Lipinski definition) is 3. The minimum atomic E-state index is -0.422. The van der Waals surface area contributed by atoms with Gasteiger partial charge in [0.05, 0.1) is 12.0 Å². The van der Waals surface area contributed by atoms with Crippen molar-refractivity contribution in [3.8, 4) is 0 Å². The van der Waals surface area contributed by atoms with Gasteiger partial charge in [-0.25, -0.2) is 0 Å². The molecule has 2 rings (SSSR count). The Morgan fingerprint density at radius 3 is 2.50 bits per heavy atom. The van der Waals surface area contributed by atoms with Crippen molar-refractivity contribution in [1.82, 2.24) is 0 Å². The zero-order chi connectivity index (χ0) is 17.7. The van der Waals surface area contributed by atoms with Gasteiger partial charge < -0.3 is 10.2 Å². The first-order valence-electron chi connectivity index (χ1n) is 7.46. The quantitative estimate of drug-likeness (QED) is 0.584. The van der Waals surface area contributed by atoms with Gasteiger partial charge in [0.1, 0.15) is 6.54 Å². The van der Waals surface area contributed by atoms with Crippen molar-refractivity contribution in [3.05, 3.63) is 68.2 Å². The van der Waals surface area contributed by atoms with Crippen LogP contribution in [0.1, 0.15) is 11.1 Å². The highest BCUT2D eigenvalue weighted by Gasteiger charge is 2.13. The molecule has 0 aliphatic heterocycles. The largest absolute Gasteiger partial charge is 0.326 e. The van der Waals surface area contributed by atoms with Gasteiger partial charge in [0.15, 0.2) is 6.54 Å². The third kappa shape index (κ3) is 5.14. The molecule has 1 atom stereocenters. The molecule has 24 heavy (non-hydrogen) atoms. The van der Waals surface area contributed by atoms with Gasteiger partial charge in [0, 0.05) is 27.9 Å². The van der Waals surface area contributed by atoms with Crippen molar-refractivity contribution >= 4 is 33.2 Å². The Kier molecular flexibility index (Phi) is 6.05. The second kappa shape index (κ2) is 8.03. The van der Waals surface area contributed by atoms with Crippen molar-refractivity contribution < 1.29 is 14.6 Å². The monoisotopic (exact) mass is 392 g/mol. The zero-order valence-electron chi connectivity index (χ0n) is 13.5. The number of nitro groups is 1. The fourth-order valence-electron chi connectivity index (χ4n) is 2.38. The highest BCUT2D eigenvalue weighted by molar-refractivity contribution is 9.10. The molecule has 0 aliphatic rings. The zero-order valence-corrected chi connectivity index (χ0v) is 15.1. The number of likely N-dealkylation sites (N-methyl/N-ethyl adjacent to an activating group) is 1. The maximum Gasteiger partial charge on any atom is 0.279 e. The molecular formula is C17H19BrN3O3+. The Morgan fingerprint density at radius 1 is 1.25 bits per heavy atom. The van der Waals surface area contributed by atoms with Crippen LogP contribution in [0.25, 0.3) is 0 Å². The van der Waals surface area contributed by atoms with E-state index in [0.717, 1.165) is 26.2 Å². The summed E-state index contributed by atoms with van der Waals surface area (Å²) in [5.41, 5.74) is 2.81. The lowest BCUT2D eigenvalue weighted by atomic mass is 10.2. The lowest BCUT2D eigenvalue weighted by molar-refractivity contribution is -0.885. The lowest BCUT2D eigenvalue weighted by Gasteiger charge is -2.14. The molecule has 2 N–H and O–H groups in total. The predicted octanol–water partition coefficient (Wildman–Crippen LogP) is 2.32. The van der Waals surface area contributed by atoms with Gasteiger partial charge in [-0.2, -0.15) is 0 Å². The Bertz CT molecular complexity index is 747. The Hall–Kier alpha value is -2.25. The summed E-state index contributed by atoms with van der Waals surface area (Å²) in [6.45, 7) is 2.87. The number of carbonyl (C=O) groups excluding carboxylic acids is 1. The number of carbonyl (C=O) groups is 1. The molecule has 0 fully saturated rings. The van der Waals surface area contributed by atoms with Crippen LogP contribution < -0.4 is 10.2 Å². The number of halogens is 1. The number of rotatable bonds is 6. The maximum atomic E-state index is 12.2. The molecule has 0 aromatic heterocycles. The van der Waals surface area contributed by atoms with Gasteiger partial charge >= 0.3 is 0 Å². The van der Waals surface area contributed by atoms with Crippen LogP contribution in [-0.2, 0) is 11.3 Å². The van der Waals surface area contributed by atoms with Gasteiger partial charge in [-0.1, -0.05) is 15.9 Å². The molecular weight excluding hydrogens is 374 g/mol. The molecule has 0 bridgehead atoms. The number of amides is 1. The van der Waals surface area contributed by atoms with Crippen LogP contribution in [0.3, 0.4) is 0 Å². The smallest absolute Gasteiger partial charge is 0.279 e. The number of anilines is 1. The lowest BCUT2D eigenvalue weighted by Crippen LogP contribution is -3.08. The third-order valence-corrected chi connectivity index (χ3v) is 4.07. The van der Waals surface area contributed by atoms with E-state index in [1.807, 2.05) is 32.2 Å². The van der Waals surface area contributed by atoms with Crippen LogP contribution in [0, 0.1) is 17.0 Å². The van der Waals surface area contributed by atoms with E-state index in [2.05, 4.69) is 21.2 Å². The van der Waals surface area contributed by atoms with Crippen molar-refractivity contribution in [2.24, 2.45) is 0 Å². The van der Waals surface area contributed by atoms with Crippen LogP contribution in [0.2, 0.25) is 0 Å². The fraction of sp³-hybridized carbons (Fsp3) is 0.235. The number of aryl methyl sites for hydroxylation is 1. The topological polar surface area (TPSA) is 76.7 Å². The average Bonchev–Trinajstić information content (AvgIpc) is 2.50. The highest BCUT2D eigenvalue weighted by Crippen LogP contribution is 2.19. The van der Waals surface area contributed by atoms with E-state index in [0.29, 0.717) is 13.1 Å². The summed E-state index contributed by atoms with van der Waals surface area (Å²) < 4.78 is 0.971. The van der Waals surface area contributed by atoms with E-state index in [-0.39, 0.29) is 11.6 Å². The summed E-state index contributed by atoms with van der Waals surface area (Å²) in [6, 6.07) is 12.1.